The number of thiazole rings is 1. The predicted octanol–water partition coefficient (Wildman–Crippen LogP) is 3.68. The van der Waals surface area contributed by atoms with Crippen LogP contribution in [-0.4, -0.2) is 30.6 Å². The Morgan fingerprint density at radius 3 is 2.83 bits per heavy atom. The molecular weight excluding hydrogens is 508 g/mol. The van der Waals surface area contributed by atoms with E-state index in [1.165, 1.54) is 29.5 Å². The SMILES string of the molecule is CCOC(=O)c1sc(C(C)NC(=NC)NCc2cc(C#N)ccc2F)nc1C.I. The van der Waals surface area contributed by atoms with Gasteiger partial charge in [-0.3, -0.25) is 4.99 Å². The van der Waals surface area contributed by atoms with Crippen molar-refractivity contribution in [3.05, 3.63) is 50.7 Å². The highest BCUT2D eigenvalue weighted by molar-refractivity contribution is 14.0. The number of hydrogen-bond donors (Lipinski definition) is 2. The molecule has 2 N–H and O–H groups in total. The Bertz CT molecular complexity index is 926. The molecule has 0 aliphatic rings. The van der Waals surface area contributed by atoms with Gasteiger partial charge in [0.05, 0.1) is 30.0 Å². The van der Waals surface area contributed by atoms with E-state index in [1.54, 1.807) is 20.9 Å². The number of esters is 1. The molecule has 0 aliphatic carbocycles. The Hall–Kier alpha value is -2.26. The molecule has 1 heterocycles. The molecule has 1 atom stereocenters. The molecule has 156 valence electrons. The van der Waals surface area contributed by atoms with Crippen molar-refractivity contribution >= 4 is 47.2 Å². The second-order valence-corrected chi connectivity index (χ2v) is 6.93. The van der Waals surface area contributed by atoms with Crippen molar-refractivity contribution in [3.63, 3.8) is 0 Å². The number of nitrogens with one attached hydrogen (secondary N) is 2. The van der Waals surface area contributed by atoms with Crippen LogP contribution in [0.2, 0.25) is 0 Å². The van der Waals surface area contributed by atoms with Crippen molar-refractivity contribution in [1.82, 2.24) is 15.6 Å². The lowest BCUT2D eigenvalue weighted by Crippen LogP contribution is -2.38. The second-order valence-electron chi connectivity index (χ2n) is 5.90. The van der Waals surface area contributed by atoms with Crippen LogP contribution in [-0.2, 0) is 11.3 Å². The summed E-state index contributed by atoms with van der Waals surface area (Å²) >= 11 is 1.26. The van der Waals surface area contributed by atoms with E-state index in [0.717, 1.165) is 0 Å². The molecule has 0 aliphatic heterocycles. The van der Waals surface area contributed by atoms with Crippen LogP contribution in [0.4, 0.5) is 4.39 Å². The summed E-state index contributed by atoms with van der Waals surface area (Å²) in [6.07, 6.45) is 0. The van der Waals surface area contributed by atoms with Crippen molar-refractivity contribution in [3.8, 4) is 6.07 Å². The van der Waals surface area contributed by atoms with Gasteiger partial charge in [0.25, 0.3) is 0 Å². The maximum Gasteiger partial charge on any atom is 0.350 e. The van der Waals surface area contributed by atoms with E-state index in [2.05, 4.69) is 20.6 Å². The average Bonchev–Trinajstić information content (AvgIpc) is 3.08. The van der Waals surface area contributed by atoms with Gasteiger partial charge in [-0.2, -0.15) is 5.26 Å². The number of carbonyl (C=O) groups excluding carboxylic acids is 1. The van der Waals surface area contributed by atoms with Crippen LogP contribution in [0.3, 0.4) is 0 Å². The molecule has 7 nitrogen and oxygen atoms in total. The first-order valence-electron chi connectivity index (χ1n) is 8.69. The quantitative estimate of drug-likeness (QED) is 0.256. The lowest BCUT2D eigenvalue weighted by Gasteiger charge is -2.16. The van der Waals surface area contributed by atoms with E-state index in [0.29, 0.717) is 39.3 Å². The summed E-state index contributed by atoms with van der Waals surface area (Å²) in [6, 6.07) is 5.96. The summed E-state index contributed by atoms with van der Waals surface area (Å²) in [5, 5.41) is 15.8. The zero-order valence-corrected chi connectivity index (χ0v) is 19.7. The zero-order chi connectivity index (χ0) is 20.7. The second kappa shape index (κ2) is 11.7. The Balaban J connectivity index is 0.00000420. The largest absolute Gasteiger partial charge is 0.462 e. The predicted molar refractivity (Wildman–Crippen MR) is 121 cm³/mol. The zero-order valence-electron chi connectivity index (χ0n) is 16.6. The summed E-state index contributed by atoms with van der Waals surface area (Å²) in [6.45, 7) is 5.87. The number of rotatable bonds is 6. The van der Waals surface area contributed by atoms with Gasteiger partial charge in [0.2, 0.25) is 0 Å². The van der Waals surface area contributed by atoms with Gasteiger partial charge in [0, 0.05) is 19.2 Å². The number of hydrogen-bond acceptors (Lipinski definition) is 6. The fourth-order valence-electron chi connectivity index (χ4n) is 2.41. The van der Waals surface area contributed by atoms with Gasteiger partial charge in [-0.15, -0.1) is 35.3 Å². The smallest absolute Gasteiger partial charge is 0.350 e. The van der Waals surface area contributed by atoms with Crippen LogP contribution in [0, 0.1) is 24.1 Å². The number of ether oxygens (including phenoxy) is 1. The first-order valence-corrected chi connectivity index (χ1v) is 9.51. The van der Waals surface area contributed by atoms with Crippen LogP contribution in [0.15, 0.2) is 23.2 Å². The summed E-state index contributed by atoms with van der Waals surface area (Å²) in [5.41, 5.74) is 1.37. The van der Waals surface area contributed by atoms with Crippen molar-refractivity contribution in [2.75, 3.05) is 13.7 Å². The van der Waals surface area contributed by atoms with E-state index in [-0.39, 0.29) is 42.5 Å². The molecule has 1 aromatic heterocycles. The van der Waals surface area contributed by atoms with Crippen LogP contribution >= 0.6 is 35.3 Å². The van der Waals surface area contributed by atoms with Gasteiger partial charge in [-0.1, -0.05) is 0 Å². The van der Waals surface area contributed by atoms with Crippen molar-refractivity contribution in [2.45, 2.75) is 33.4 Å². The third-order valence-electron chi connectivity index (χ3n) is 3.84. The number of nitrogens with zero attached hydrogens (tertiary/aromatic N) is 3. The molecule has 0 bridgehead atoms. The Labute approximate surface area is 190 Å². The monoisotopic (exact) mass is 531 g/mol. The number of aryl methyl sites for hydroxylation is 1. The molecule has 0 amide bonds. The number of guanidine groups is 1. The van der Waals surface area contributed by atoms with Gasteiger partial charge >= 0.3 is 5.97 Å². The van der Waals surface area contributed by atoms with E-state index >= 15 is 0 Å². The number of benzene rings is 1. The number of aromatic nitrogens is 1. The fourth-order valence-corrected chi connectivity index (χ4v) is 3.37. The van der Waals surface area contributed by atoms with Crippen molar-refractivity contribution in [2.24, 2.45) is 4.99 Å². The topological polar surface area (TPSA) is 99.4 Å². The Kier molecular flexibility index (Phi) is 9.97. The molecule has 2 aromatic rings. The highest BCUT2D eigenvalue weighted by Gasteiger charge is 2.20. The average molecular weight is 531 g/mol. The number of aliphatic imine (C=N–C) groups is 1. The lowest BCUT2D eigenvalue weighted by molar-refractivity contribution is 0.0531. The van der Waals surface area contributed by atoms with Crippen LogP contribution in [0.5, 0.6) is 0 Å². The molecule has 10 heteroatoms. The number of nitriles is 1. The number of halogens is 2. The fraction of sp³-hybridized carbons (Fsp3) is 0.368. The third kappa shape index (κ3) is 6.64. The first kappa shape index (κ1) is 24.8. The van der Waals surface area contributed by atoms with Crippen LogP contribution in [0.1, 0.15) is 51.4 Å². The summed E-state index contributed by atoms with van der Waals surface area (Å²) in [5.74, 6) is -0.337. The van der Waals surface area contributed by atoms with Gasteiger partial charge < -0.3 is 15.4 Å². The Morgan fingerprint density at radius 1 is 1.48 bits per heavy atom. The molecule has 2 rings (SSSR count). The standard InChI is InChI=1S/C19H22FN5O2S.HI/c1-5-27-18(26)16-11(2)24-17(28-16)12(3)25-19(22-4)23-10-14-8-13(9-21)6-7-15(14)20;/h6-8,12H,5,10H2,1-4H3,(H2,22,23,25);1H. The normalized spacial score (nSPS) is 11.8. The highest BCUT2D eigenvalue weighted by atomic mass is 127. The van der Waals surface area contributed by atoms with Gasteiger partial charge in [0.1, 0.15) is 15.7 Å². The van der Waals surface area contributed by atoms with Gasteiger partial charge in [-0.05, 0) is 39.0 Å². The molecule has 0 fully saturated rings. The Morgan fingerprint density at radius 2 is 2.21 bits per heavy atom. The van der Waals surface area contributed by atoms with E-state index in [1.807, 2.05) is 13.0 Å². The lowest BCUT2D eigenvalue weighted by atomic mass is 10.1. The van der Waals surface area contributed by atoms with Gasteiger partial charge in [-0.25, -0.2) is 14.2 Å². The van der Waals surface area contributed by atoms with Crippen molar-refractivity contribution < 1.29 is 13.9 Å². The molecule has 0 saturated carbocycles. The summed E-state index contributed by atoms with van der Waals surface area (Å²) in [4.78, 5) is 21.0. The molecule has 29 heavy (non-hydrogen) atoms. The molecule has 0 spiro atoms. The molecule has 0 radical (unpaired) electrons. The molecule has 0 saturated heterocycles. The molecule has 1 aromatic carbocycles. The van der Waals surface area contributed by atoms with Crippen LogP contribution in [0.25, 0.3) is 0 Å². The third-order valence-corrected chi connectivity index (χ3v) is 5.16. The van der Waals surface area contributed by atoms with E-state index in [4.69, 9.17) is 10.00 Å². The summed E-state index contributed by atoms with van der Waals surface area (Å²) < 4.78 is 18.9. The summed E-state index contributed by atoms with van der Waals surface area (Å²) in [7, 11) is 1.60. The maximum atomic E-state index is 13.9. The minimum atomic E-state index is -0.398. The van der Waals surface area contributed by atoms with E-state index in [9.17, 15) is 9.18 Å². The van der Waals surface area contributed by atoms with Crippen molar-refractivity contribution in [1.29, 1.82) is 5.26 Å². The minimum Gasteiger partial charge on any atom is -0.462 e. The van der Waals surface area contributed by atoms with Crippen LogP contribution < -0.4 is 10.6 Å². The molecule has 1 unspecified atom stereocenters. The minimum absolute atomic E-state index is 0. The van der Waals surface area contributed by atoms with Gasteiger partial charge in [0.15, 0.2) is 5.96 Å². The number of carbonyl (C=O) groups is 1. The molecular formula is C19H23FIN5O2S. The van der Waals surface area contributed by atoms with E-state index < -0.39 is 5.82 Å². The highest BCUT2D eigenvalue weighted by Crippen LogP contribution is 2.24. The first-order chi connectivity index (χ1) is 13.4. The maximum absolute atomic E-state index is 13.9.